The second-order valence-electron chi connectivity index (χ2n) is 6.79. The molecule has 3 rings (SSSR count). The molecule has 0 spiro atoms. The molecule has 0 unspecified atom stereocenters. The molecule has 1 amide bonds. The Labute approximate surface area is 158 Å². The molecule has 2 aromatic carbocycles. The van der Waals surface area contributed by atoms with Gasteiger partial charge in [0, 0.05) is 12.0 Å². The van der Waals surface area contributed by atoms with Crippen molar-refractivity contribution in [3.63, 3.8) is 0 Å². The van der Waals surface area contributed by atoms with Crippen LogP contribution in [0.5, 0.6) is 5.75 Å². The van der Waals surface area contributed by atoms with Gasteiger partial charge >= 0.3 is 0 Å². The van der Waals surface area contributed by atoms with Gasteiger partial charge in [-0.2, -0.15) is 0 Å². The molecule has 2 aromatic rings. The maximum Gasteiger partial charge on any atom is 0.275 e. The lowest BCUT2D eigenvalue weighted by Gasteiger charge is -2.10. The summed E-state index contributed by atoms with van der Waals surface area (Å²) in [4.78, 5) is 16.7. The standard InChI is InChI=1S/C22H23FN2O2/c1-14(2)16-8-10-20(27-3)17(12-16)13-19-22(26)25-21(24-19)11-9-15-6-4-5-7-18(15)23/h4-8,10,12-14H,9,11H2,1-3H3,(H,24,25,26)/b19-13-. The van der Waals surface area contributed by atoms with E-state index in [-0.39, 0.29) is 11.7 Å². The average molecular weight is 366 g/mol. The second-order valence-corrected chi connectivity index (χ2v) is 6.79. The maximum atomic E-state index is 13.7. The van der Waals surface area contributed by atoms with E-state index in [0.29, 0.717) is 41.6 Å². The molecule has 4 nitrogen and oxygen atoms in total. The van der Waals surface area contributed by atoms with E-state index in [1.165, 1.54) is 6.07 Å². The van der Waals surface area contributed by atoms with E-state index < -0.39 is 0 Å². The van der Waals surface area contributed by atoms with Crippen LogP contribution in [-0.4, -0.2) is 18.9 Å². The Morgan fingerprint density at radius 2 is 1.96 bits per heavy atom. The van der Waals surface area contributed by atoms with Crippen molar-refractivity contribution in [1.82, 2.24) is 5.32 Å². The van der Waals surface area contributed by atoms with Gasteiger partial charge in [-0.05, 0) is 47.7 Å². The van der Waals surface area contributed by atoms with Gasteiger partial charge in [-0.15, -0.1) is 0 Å². The van der Waals surface area contributed by atoms with E-state index in [2.05, 4.69) is 24.2 Å². The van der Waals surface area contributed by atoms with Crippen molar-refractivity contribution < 1.29 is 13.9 Å². The number of carbonyl (C=O) groups is 1. The van der Waals surface area contributed by atoms with Gasteiger partial charge in [0.05, 0.1) is 7.11 Å². The molecule has 0 saturated carbocycles. The lowest BCUT2D eigenvalue weighted by molar-refractivity contribution is -0.115. The number of aliphatic imine (C=N–C) groups is 1. The van der Waals surface area contributed by atoms with E-state index in [1.807, 2.05) is 18.2 Å². The van der Waals surface area contributed by atoms with Crippen molar-refractivity contribution >= 4 is 17.8 Å². The van der Waals surface area contributed by atoms with Crippen LogP contribution < -0.4 is 10.1 Å². The van der Waals surface area contributed by atoms with Gasteiger partial charge < -0.3 is 10.1 Å². The van der Waals surface area contributed by atoms with Crippen molar-refractivity contribution in [1.29, 1.82) is 0 Å². The highest BCUT2D eigenvalue weighted by Crippen LogP contribution is 2.27. The summed E-state index contributed by atoms with van der Waals surface area (Å²) in [5.41, 5.74) is 2.91. The number of carbonyl (C=O) groups excluding carboxylic acids is 1. The number of aryl methyl sites for hydroxylation is 1. The first-order valence-electron chi connectivity index (χ1n) is 9.00. The first-order valence-corrected chi connectivity index (χ1v) is 9.00. The fraction of sp³-hybridized carbons (Fsp3) is 0.273. The first-order chi connectivity index (χ1) is 13.0. The van der Waals surface area contributed by atoms with E-state index in [0.717, 1.165) is 11.1 Å². The van der Waals surface area contributed by atoms with Crippen molar-refractivity contribution in [3.8, 4) is 5.75 Å². The molecule has 1 aliphatic rings. The van der Waals surface area contributed by atoms with E-state index in [9.17, 15) is 9.18 Å². The molecular weight excluding hydrogens is 343 g/mol. The van der Waals surface area contributed by atoms with Crippen LogP contribution in [-0.2, 0) is 11.2 Å². The highest BCUT2D eigenvalue weighted by Gasteiger charge is 2.20. The highest BCUT2D eigenvalue weighted by atomic mass is 19.1. The molecule has 1 aliphatic heterocycles. The number of rotatable bonds is 6. The van der Waals surface area contributed by atoms with Gasteiger partial charge in [-0.25, -0.2) is 9.38 Å². The van der Waals surface area contributed by atoms with Crippen molar-refractivity contribution in [3.05, 3.63) is 70.7 Å². The molecule has 0 aliphatic carbocycles. The number of nitrogens with zero attached hydrogens (tertiary/aromatic N) is 1. The summed E-state index contributed by atoms with van der Waals surface area (Å²) in [6, 6.07) is 12.6. The highest BCUT2D eigenvalue weighted by molar-refractivity contribution is 6.14. The largest absolute Gasteiger partial charge is 0.496 e. The smallest absolute Gasteiger partial charge is 0.275 e. The number of ether oxygens (including phenoxy) is 1. The Hall–Kier alpha value is -2.95. The SMILES string of the molecule is COc1ccc(C(C)C)cc1/C=C1\N=C(CCc2ccccc2F)NC1=O. The lowest BCUT2D eigenvalue weighted by atomic mass is 10.00. The monoisotopic (exact) mass is 366 g/mol. The number of amidine groups is 1. The van der Waals surface area contributed by atoms with Gasteiger partial charge in [0.15, 0.2) is 0 Å². The van der Waals surface area contributed by atoms with Crippen molar-refractivity contribution in [2.45, 2.75) is 32.6 Å². The maximum absolute atomic E-state index is 13.7. The summed E-state index contributed by atoms with van der Waals surface area (Å²) in [5.74, 6) is 1.11. The third-order valence-corrected chi connectivity index (χ3v) is 4.55. The minimum atomic E-state index is -0.254. The molecule has 0 aromatic heterocycles. The van der Waals surface area contributed by atoms with Crippen LogP contribution >= 0.6 is 0 Å². The average Bonchev–Trinajstić information content (AvgIpc) is 3.00. The van der Waals surface area contributed by atoms with Gasteiger partial charge in [0.2, 0.25) is 0 Å². The number of halogens is 1. The van der Waals surface area contributed by atoms with Crippen LogP contribution in [0.3, 0.4) is 0 Å². The van der Waals surface area contributed by atoms with Crippen LogP contribution in [0.1, 0.15) is 42.9 Å². The summed E-state index contributed by atoms with van der Waals surface area (Å²) in [5, 5.41) is 2.77. The molecular formula is C22H23FN2O2. The van der Waals surface area contributed by atoms with Gasteiger partial charge in [0.1, 0.15) is 23.1 Å². The quantitative estimate of drug-likeness (QED) is 0.768. The topological polar surface area (TPSA) is 50.7 Å². The Balaban J connectivity index is 1.81. The van der Waals surface area contributed by atoms with Crippen LogP contribution in [0.25, 0.3) is 6.08 Å². The fourth-order valence-corrected chi connectivity index (χ4v) is 2.96. The minimum Gasteiger partial charge on any atom is -0.496 e. The molecule has 0 fully saturated rings. The van der Waals surface area contributed by atoms with Gasteiger partial charge in [-0.1, -0.05) is 38.1 Å². The van der Waals surface area contributed by atoms with Crippen molar-refractivity contribution in [2.24, 2.45) is 4.99 Å². The third-order valence-electron chi connectivity index (χ3n) is 4.55. The summed E-state index contributed by atoms with van der Waals surface area (Å²) < 4.78 is 19.1. The molecule has 140 valence electrons. The Morgan fingerprint density at radius 1 is 1.19 bits per heavy atom. The molecule has 0 atom stereocenters. The van der Waals surface area contributed by atoms with Gasteiger partial charge in [0.25, 0.3) is 5.91 Å². The van der Waals surface area contributed by atoms with Crippen LogP contribution in [0, 0.1) is 5.82 Å². The van der Waals surface area contributed by atoms with Crippen molar-refractivity contribution in [2.75, 3.05) is 7.11 Å². The summed E-state index contributed by atoms with van der Waals surface area (Å²) in [7, 11) is 1.60. The molecule has 0 saturated heterocycles. The molecule has 1 heterocycles. The van der Waals surface area contributed by atoms with E-state index >= 15 is 0 Å². The summed E-state index contributed by atoms with van der Waals surface area (Å²) in [6.45, 7) is 4.22. The number of benzene rings is 2. The molecule has 0 radical (unpaired) electrons. The number of hydrogen-bond acceptors (Lipinski definition) is 3. The zero-order chi connectivity index (χ0) is 19.4. The zero-order valence-corrected chi connectivity index (χ0v) is 15.8. The predicted molar refractivity (Wildman–Crippen MR) is 105 cm³/mol. The zero-order valence-electron chi connectivity index (χ0n) is 15.8. The first kappa shape index (κ1) is 18.8. The second kappa shape index (κ2) is 8.16. The van der Waals surface area contributed by atoms with Crippen LogP contribution in [0.2, 0.25) is 0 Å². The summed E-state index contributed by atoms with van der Waals surface area (Å²) >= 11 is 0. The number of nitrogens with one attached hydrogen (secondary N) is 1. The van der Waals surface area contributed by atoms with Crippen LogP contribution in [0.15, 0.2) is 53.2 Å². The fourth-order valence-electron chi connectivity index (χ4n) is 2.96. The van der Waals surface area contributed by atoms with Gasteiger partial charge in [-0.3, -0.25) is 4.79 Å². The number of amides is 1. The van der Waals surface area contributed by atoms with E-state index in [4.69, 9.17) is 4.74 Å². The normalized spacial score (nSPS) is 15.2. The molecule has 1 N–H and O–H groups in total. The third kappa shape index (κ3) is 4.42. The molecule has 27 heavy (non-hydrogen) atoms. The minimum absolute atomic E-state index is 0.242. The molecule has 5 heteroatoms. The Morgan fingerprint density at radius 3 is 2.67 bits per heavy atom. The number of hydrogen-bond donors (Lipinski definition) is 1. The lowest BCUT2D eigenvalue weighted by Crippen LogP contribution is -2.24. The predicted octanol–water partition coefficient (Wildman–Crippen LogP) is 4.46. The summed E-state index contributed by atoms with van der Waals surface area (Å²) in [6.07, 6.45) is 2.68. The Bertz CT molecular complexity index is 916. The number of methoxy groups -OCH3 is 1. The van der Waals surface area contributed by atoms with E-state index in [1.54, 1.807) is 31.4 Å². The molecule has 0 bridgehead atoms. The Kier molecular flexibility index (Phi) is 5.69. The van der Waals surface area contributed by atoms with Crippen LogP contribution in [0.4, 0.5) is 4.39 Å².